The van der Waals surface area contributed by atoms with Crippen LogP contribution in [-0.4, -0.2) is 30.6 Å². The van der Waals surface area contributed by atoms with E-state index in [1.54, 1.807) is 7.11 Å². The van der Waals surface area contributed by atoms with Crippen molar-refractivity contribution in [2.75, 3.05) is 7.11 Å². The number of ether oxygens (including phenoxy) is 1. The molecule has 0 aromatic carbocycles. The van der Waals surface area contributed by atoms with Crippen LogP contribution in [0.4, 0.5) is 13.2 Å². The first-order valence-corrected chi connectivity index (χ1v) is 6.07. The van der Waals surface area contributed by atoms with Gasteiger partial charge in [0, 0.05) is 6.42 Å². The Balaban J connectivity index is 0.000000331. The third-order valence-corrected chi connectivity index (χ3v) is 2.49. The molecule has 0 fully saturated rings. The number of methoxy groups -OCH3 is 1. The molecule has 18 heavy (non-hydrogen) atoms. The smallest absolute Gasteiger partial charge is 0.485 e. The van der Waals surface area contributed by atoms with Crippen LogP contribution in [0.3, 0.4) is 0 Å². The lowest BCUT2D eigenvalue weighted by Crippen LogP contribution is -2.32. The first kappa shape index (κ1) is 16.7. The van der Waals surface area contributed by atoms with Gasteiger partial charge in [0.1, 0.15) is 0 Å². The van der Waals surface area contributed by atoms with E-state index in [-0.39, 0.29) is 0 Å². The van der Waals surface area contributed by atoms with Crippen molar-refractivity contribution < 1.29 is 35.4 Å². The first-order valence-electron chi connectivity index (χ1n) is 4.67. The normalized spacial score (nSPS) is 11.7. The predicted octanol–water partition coefficient (Wildman–Crippen LogP) is 0.462. The number of imidazole rings is 1. The minimum absolute atomic E-state index is 0.872. The van der Waals surface area contributed by atoms with Crippen molar-refractivity contribution >= 4 is 10.1 Å². The van der Waals surface area contributed by atoms with Crippen LogP contribution in [0.25, 0.3) is 0 Å². The molecule has 0 unspecified atom stereocenters. The number of hydrogen-bond acceptors (Lipinski definition) is 4. The van der Waals surface area contributed by atoms with E-state index in [0.29, 0.717) is 0 Å². The molecule has 6 nitrogen and oxygen atoms in total. The number of H-pyrrole nitrogens is 1. The molecule has 1 aromatic rings. The molecule has 0 saturated carbocycles. The predicted molar refractivity (Wildman–Crippen MR) is 53.7 cm³/mol. The third-order valence-electron chi connectivity index (χ3n) is 1.93. The molecule has 0 spiro atoms. The summed E-state index contributed by atoms with van der Waals surface area (Å²) in [5.41, 5.74) is -5.65. The molecule has 0 aliphatic heterocycles. The lowest BCUT2D eigenvalue weighted by molar-refractivity contribution is -0.682. The van der Waals surface area contributed by atoms with E-state index in [1.807, 2.05) is 17.8 Å². The molecular formula is C8H13F3N2O4S. The zero-order valence-corrected chi connectivity index (χ0v) is 10.7. The molecular weight excluding hydrogens is 277 g/mol. The number of aromatic nitrogens is 2. The average molecular weight is 290 g/mol. The van der Waals surface area contributed by atoms with E-state index < -0.39 is 15.6 Å². The maximum atomic E-state index is 10.7. The van der Waals surface area contributed by atoms with Crippen LogP contribution >= 0.6 is 0 Å². The summed E-state index contributed by atoms with van der Waals surface area (Å²) in [6.07, 6.45) is 2.86. The Hall–Kier alpha value is -1.29. The van der Waals surface area contributed by atoms with Crippen molar-refractivity contribution in [3.8, 4) is 5.88 Å². The van der Waals surface area contributed by atoms with Gasteiger partial charge in [-0.1, -0.05) is 6.92 Å². The standard InChI is InChI=1S/C7H12N2O.CHF3O3S/c1-4-6-8-5-7(10-3)9(6)2;2-1(3,4)8(5,6)7/h5H,4H2,1-3H3;(H,5,6,7). The first-order chi connectivity index (χ1) is 8.04. The number of halogens is 3. The molecule has 0 saturated heterocycles. The number of nitrogens with one attached hydrogen (secondary N) is 1. The Labute approximate surface area is 102 Å². The number of aryl methyl sites for hydroxylation is 1. The van der Waals surface area contributed by atoms with Crippen LogP contribution in [0.15, 0.2) is 6.20 Å². The van der Waals surface area contributed by atoms with Gasteiger partial charge in [0.25, 0.3) is 5.82 Å². The fourth-order valence-electron chi connectivity index (χ4n) is 1.01. The van der Waals surface area contributed by atoms with Gasteiger partial charge in [-0.3, -0.25) is 0 Å². The summed E-state index contributed by atoms with van der Waals surface area (Å²) in [5.74, 6) is 2.05. The number of rotatable bonds is 2. The van der Waals surface area contributed by atoms with Crippen molar-refractivity contribution in [2.45, 2.75) is 18.9 Å². The molecule has 0 amide bonds. The summed E-state index contributed by atoms with van der Waals surface area (Å²) in [5, 5.41) is 0. The van der Waals surface area contributed by atoms with Crippen molar-refractivity contribution in [1.82, 2.24) is 4.98 Å². The SMILES string of the molecule is CCc1[nH]cc(OC)[n+]1C.O=S(=O)([O-])C(F)(F)F. The molecule has 106 valence electrons. The maximum absolute atomic E-state index is 10.7. The minimum atomic E-state index is -6.09. The summed E-state index contributed by atoms with van der Waals surface area (Å²) in [4.78, 5) is 3.11. The Morgan fingerprint density at radius 2 is 1.94 bits per heavy atom. The number of nitrogens with zero attached hydrogens (tertiary/aromatic N) is 1. The van der Waals surface area contributed by atoms with E-state index >= 15 is 0 Å². The van der Waals surface area contributed by atoms with E-state index in [0.717, 1.165) is 12.3 Å². The molecule has 1 N–H and O–H groups in total. The third kappa shape index (κ3) is 4.53. The topological polar surface area (TPSA) is 86.1 Å². The van der Waals surface area contributed by atoms with Crippen molar-refractivity contribution in [3.05, 3.63) is 12.0 Å². The zero-order chi connectivity index (χ0) is 14.6. The zero-order valence-electron chi connectivity index (χ0n) is 9.91. The number of alkyl halides is 3. The minimum Gasteiger partial charge on any atom is -0.741 e. The van der Waals surface area contributed by atoms with Crippen molar-refractivity contribution in [2.24, 2.45) is 7.05 Å². The highest BCUT2D eigenvalue weighted by Gasteiger charge is 2.36. The van der Waals surface area contributed by atoms with Gasteiger partial charge < -0.3 is 9.29 Å². The van der Waals surface area contributed by atoms with E-state index in [4.69, 9.17) is 17.7 Å². The van der Waals surface area contributed by atoms with Crippen LogP contribution in [0.1, 0.15) is 12.7 Å². The summed E-state index contributed by atoms with van der Waals surface area (Å²) in [7, 11) is -2.44. The monoisotopic (exact) mass is 290 g/mol. The fraction of sp³-hybridized carbons (Fsp3) is 0.625. The van der Waals surface area contributed by atoms with Crippen LogP contribution in [0.5, 0.6) is 5.88 Å². The van der Waals surface area contributed by atoms with Crippen molar-refractivity contribution in [3.63, 3.8) is 0 Å². The van der Waals surface area contributed by atoms with Gasteiger partial charge in [-0.25, -0.2) is 18.0 Å². The van der Waals surface area contributed by atoms with E-state index in [2.05, 4.69) is 11.9 Å². The van der Waals surface area contributed by atoms with Gasteiger partial charge in [0.05, 0.1) is 14.2 Å². The lowest BCUT2D eigenvalue weighted by atomic mass is 10.5. The quantitative estimate of drug-likeness (QED) is 0.487. The van der Waals surface area contributed by atoms with Gasteiger partial charge in [0.2, 0.25) is 0 Å². The second-order valence-corrected chi connectivity index (χ2v) is 4.46. The highest BCUT2D eigenvalue weighted by molar-refractivity contribution is 7.86. The maximum Gasteiger partial charge on any atom is 0.485 e. The van der Waals surface area contributed by atoms with Crippen LogP contribution < -0.4 is 9.30 Å². The molecule has 10 heteroatoms. The van der Waals surface area contributed by atoms with Crippen LogP contribution in [0, 0.1) is 0 Å². The Kier molecular flexibility index (Phi) is 5.61. The Morgan fingerprint density at radius 3 is 2.11 bits per heavy atom. The lowest BCUT2D eigenvalue weighted by Gasteiger charge is -2.08. The molecule has 0 radical (unpaired) electrons. The van der Waals surface area contributed by atoms with Gasteiger partial charge in [-0.05, 0) is 0 Å². The molecule has 0 bridgehead atoms. The Morgan fingerprint density at radius 1 is 1.50 bits per heavy atom. The highest BCUT2D eigenvalue weighted by atomic mass is 32.2. The van der Waals surface area contributed by atoms with Gasteiger partial charge >= 0.3 is 11.4 Å². The average Bonchev–Trinajstić information content (AvgIpc) is 2.56. The summed E-state index contributed by atoms with van der Waals surface area (Å²) >= 11 is 0. The molecule has 1 heterocycles. The summed E-state index contributed by atoms with van der Waals surface area (Å²) < 4.78 is 66.0. The van der Waals surface area contributed by atoms with E-state index in [1.165, 1.54) is 5.82 Å². The molecule has 1 rings (SSSR count). The van der Waals surface area contributed by atoms with Gasteiger partial charge in [0.15, 0.2) is 16.3 Å². The highest BCUT2D eigenvalue weighted by Crippen LogP contribution is 2.20. The van der Waals surface area contributed by atoms with Crippen LogP contribution in [0.2, 0.25) is 0 Å². The molecule has 0 aliphatic carbocycles. The molecule has 0 atom stereocenters. The second kappa shape index (κ2) is 6.05. The van der Waals surface area contributed by atoms with Crippen molar-refractivity contribution in [1.29, 1.82) is 0 Å². The largest absolute Gasteiger partial charge is 0.741 e. The molecule has 1 aromatic heterocycles. The molecule has 0 aliphatic rings. The number of aromatic amines is 1. The van der Waals surface area contributed by atoms with Gasteiger partial charge in [-0.15, -0.1) is 0 Å². The van der Waals surface area contributed by atoms with E-state index in [9.17, 15) is 13.2 Å². The second-order valence-electron chi connectivity index (χ2n) is 3.09. The van der Waals surface area contributed by atoms with Gasteiger partial charge in [-0.2, -0.15) is 13.2 Å². The number of hydrogen-bond donors (Lipinski definition) is 1. The summed E-state index contributed by atoms with van der Waals surface area (Å²) in [6, 6.07) is 0. The summed E-state index contributed by atoms with van der Waals surface area (Å²) in [6.45, 7) is 2.10. The Bertz CT molecular complexity index is 460. The fourth-order valence-corrected chi connectivity index (χ4v) is 1.01. The van der Waals surface area contributed by atoms with Crippen LogP contribution in [-0.2, 0) is 23.6 Å².